The van der Waals surface area contributed by atoms with Gasteiger partial charge in [-0.15, -0.1) is 0 Å². The maximum absolute atomic E-state index is 10.7. The van der Waals surface area contributed by atoms with Crippen LogP contribution in [-0.2, 0) is 4.79 Å². The third-order valence-corrected chi connectivity index (χ3v) is 6.18. The number of carbonyl (C=O) groups is 1. The Labute approximate surface area is 189 Å². The molecule has 2 unspecified atom stereocenters. The van der Waals surface area contributed by atoms with E-state index in [2.05, 4.69) is 20.8 Å². The lowest BCUT2D eigenvalue weighted by atomic mass is 10.0. The van der Waals surface area contributed by atoms with Crippen LogP contribution >= 0.6 is 0 Å². The van der Waals surface area contributed by atoms with Crippen molar-refractivity contribution in [2.75, 3.05) is 13.6 Å². The molecule has 0 rings (SSSR count). The molecular weight excluding hydrogens is 374 g/mol. The first kappa shape index (κ1) is 31.6. The van der Waals surface area contributed by atoms with Gasteiger partial charge in [0.05, 0.1) is 7.05 Å². The number of unbranched alkanes of at least 4 members (excludes halogenated alkanes) is 14. The average molecular weight is 430 g/mol. The van der Waals surface area contributed by atoms with Gasteiger partial charge >= 0.3 is 0 Å². The third-order valence-electron chi connectivity index (χ3n) is 6.18. The van der Waals surface area contributed by atoms with Gasteiger partial charge in [-0.1, -0.05) is 104 Å². The zero-order chi connectivity index (χ0) is 23.1. The highest BCUT2D eigenvalue weighted by Gasteiger charge is 2.26. The fourth-order valence-corrected chi connectivity index (χ4v) is 3.64. The summed E-state index contributed by atoms with van der Waals surface area (Å²) < 4.78 is 0.229. The molecule has 0 fully saturated rings. The lowest BCUT2D eigenvalue weighted by Gasteiger charge is -2.32. The van der Waals surface area contributed by atoms with E-state index in [0.717, 1.165) is 6.54 Å². The van der Waals surface area contributed by atoms with E-state index in [4.69, 9.17) is 0 Å². The molecule has 0 aliphatic rings. The van der Waals surface area contributed by atoms with E-state index >= 15 is 0 Å². The highest BCUT2D eigenvalue weighted by atomic mass is 16.5. The summed E-state index contributed by atoms with van der Waals surface area (Å²) in [4.78, 5) is 9.26. The Morgan fingerprint density at radius 3 is 1.43 bits per heavy atom. The molecule has 0 radical (unpaired) electrons. The smallest absolute Gasteiger partial charge is 0.116 e. The van der Waals surface area contributed by atoms with Gasteiger partial charge in [-0.2, -0.15) is 4.65 Å². The maximum Gasteiger partial charge on any atom is 0.116 e. The molecule has 1 N–H and O–H groups in total. The van der Waals surface area contributed by atoms with Crippen LogP contribution in [0.3, 0.4) is 0 Å². The Morgan fingerprint density at radius 1 is 0.733 bits per heavy atom. The molecule has 0 aliphatic carbocycles. The zero-order valence-corrected chi connectivity index (χ0v) is 21.2. The Balaban J connectivity index is 0. The van der Waals surface area contributed by atoms with Gasteiger partial charge in [0.15, 0.2) is 0 Å². The van der Waals surface area contributed by atoms with Crippen molar-refractivity contribution in [1.82, 2.24) is 0 Å². The van der Waals surface area contributed by atoms with Crippen molar-refractivity contribution >= 4 is 5.97 Å². The minimum absolute atomic E-state index is 0.111. The van der Waals surface area contributed by atoms with Crippen molar-refractivity contribution in [2.45, 2.75) is 149 Å². The second-order valence-corrected chi connectivity index (χ2v) is 9.25. The first-order valence-electron chi connectivity index (χ1n) is 13.1. The minimum atomic E-state index is -0.995. The van der Waals surface area contributed by atoms with Crippen molar-refractivity contribution in [3.8, 4) is 0 Å². The van der Waals surface area contributed by atoms with Crippen LogP contribution in [0.4, 0.5) is 0 Å². The number of hydrogen-bond acceptors (Lipinski definition) is 3. The Hall–Kier alpha value is -0.610. The summed E-state index contributed by atoms with van der Waals surface area (Å²) in [5.41, 5.74) is 0. The van der Waals surface area contributed by atoms with E-state index in [9.17, 15) is 15.1 Å². The summed E-state index contributed by atoms with van der Waals surface area (Å²) in [7, 11) is 2.01. The first-order valence-corrected chi connectivity index (χ1v) is 13.1. The predicted molar refractivity (Wildman–Crippen MR) is 127 cm³/mol. The van der Waals surface area contributed by atoms with E-state index in [1.165, 1.54) is 116 Å². The molecule has 0 saturated heterocycles. The summed E-state index contributed by atoms with van der Waals surface area (Å²) in [6.07, 6.45) is 22.9. The monoisotopic (exact) mass is 429 g/mol. The summed E-state index contributed by atoms with van der Waals surface area (Å²) in [6.45, 7) is 9.24. The van der Waals surface area contributed by atoms with Crippen molar-refractivity contribution in [2.24, 2.45) is 0 Å². The van der Waals surface area contributed by atoms with Crippen LogP contribution in [0.15, 0.2) is 0 Å². The number of rotatable bonds is 20. The van der Waals surface area contributed by atoms with Crippen LogP contribution in [0.25, 0.3) is 0 Å². The van der Waals surface area contributed by atoms with Crippen LogP contribution in [0.5, 0.6) is 0 Å². The summed E-state index contributed by atoms with van der Waals surface area (Å²) in [5.74, 6) is -0.995. The van der Waals surface area contributed by atoms with Crippen LogP contribution < -0.4 is 5.11 Å². The van der Waals surface area contributed by atoms with Crippen LogP contribution in [0.1, 0.15) is 143 Å². The second-order valence-electron chi connectivity index (χ2n) is 9.25. The predicted octanol–water partition coefficient (Wildman–Crippen LogP) is 7.03. The van der Waals surface area contributed by atoms with E-state index in [1.807, 2.05) is 7.05 Å². The molecule has 4 heteroatoms. The van der Waals surface area contributed by atoms with Crippen LogP contribution in [0.2, 0.25) is 0 Å². The molecule has 0 aromatic heterocycles. The van der Waals surface area contributed by atoms with Gasteiger partial charge in [-0.25, -0.2) is 5.21 Å². The summed E-state index contributed by atoms with van der Waals surface area (Å²) in [6, 6.07) is 0.379. The fraction of sp³-hybridized carbons (Fsp3) is 0.962. The summed E-state index contributed by atoms with van der Waals surface area (Å²) in [5, 5.41) is 19.9. The zero-order valence-electron chi connectivity index (χ0n) is 21.2. The summed E-state index contributed by atoms with van der Waals surface area (Å²) >= 11 is 0. The number of carboxylic acid groups (broad SMARTS) is 1. The van der Waals surface area contributed by atoms with E-state index in [1.54, 1.807) is 0 Å². The van der Waals surface area contributed by atoms with Gasteiger partial charge in [0.25, 0.3) is 0 Å². The quantitative estimate of drug-likeness (QED) is 0.128. The average Bonchev–Trinajstić information content (AvgIpc) is 2.72. The molecule has 0 spiro atoms. The van der Waals surface area contributed by atoms with E-state index < -0.39 is 5.97 Å². The van der Waals surface area contributed by atoms with Gasteiger partial charge in [-0.3, -0.25) is 0 Å². The molecule has 0 aromatic rings. The fourth-order valence-electron chi connectivity index (χ4n) is 3.64. The third kappa shape index (κ3) is 23.7. The molecule has 182 valence electrons. The normalized spacial score (nSPS) is 13.9. The standard InChI is InChI=1S/C23H50NO.C3H6O2/c1-5-7-9-11-13-15-17-19-21-23(3)24(4,25)22-20-18-16-14-12-10-8-6-2;1-2-3(4)5/h23,25H,5-22H2,1-4H3;2H2,1H3,(H,4,5)/q+1;/p-1. The number of carbonyl (C=O) groups excluding carboxylic acids is 1. The molecule has 2 atom stereocenters. The van der Waals surface area contributed by atoms with Crippen molar-refractivity contribution < 1.29 is 19.8 Å². The lowest BCUT2D eigenvalue weighted by molar-refractivity contribution is -1.10. The largest absolute Gasteiger partial charge is 0.550 e. The van der Waals surface area contributed by atoms with Crippen LogP contribution in [0, 0.1) is 0 Å². The van der Waals surface area contributed by atoms with Gasteiger partial charge in [0.1, 0.15) is 12.6 Å². The van der Waals surface area contributed by atoms with Crippen molar-refractivity contribution in [1.29, 1.82) is 0 Å². The Bertz CT molecular complexity index is 358. The first-order chi connectivity index (χ1) is 14.3. The topological polar surface area (TPSA) is 60.4 Å². The number of carboxylic acids is 1. The van der Waals surface area contributed by atoms with Gasteiger partial charge in [0, 0.05) is 12.4 Å². The molecule has 0 aromatic carbocycles. The van der Waals surface area contributed by atoms with Gasteiger partial charge < -0.3 is 9.90 Å². The molecule has 0 heterocycles. The molecule has 0 amide bonds. The second kappa shape index (κ2) is 23.1. The molecule has 4 nitrogen and oxygen atoms in total. The lowest BCUT2D eigenvalue weighted by Crippen LogP contribution is -2.48. The van der Waals surface area contributed by atoms with Crippen molar-refractivity contribution in [3.63, 3.8) is 0 Å². The SMILES string of the molecule is CCC(=O)[O-].CCCCCCCCCCC(C)[N+](C)(O)CCCCCCCCCC. The van der Waals surface area contributed by atoms with Crippen molar-refractivity contribution in [3.05, 3.63) is 0 Å². The highest BCUT2D eigenvalue weighted by Crippen LogP contribution is 2.17. The minimum Gasteiger partial charge on any atom is -0.550 e. The van der Waals surface area contributed by atoms with Gasteiger partial charge in [-0.05, 0) is 32.6 Å². The molecule has 0 bridgehead atoms. The van der Waals surface area contributed by atoms with E-state index in [0.29, 0.717) is 6.04 Å². The Morgan fingerprint density at radius 2 is 1.07 bits per heavy atom. The number of quaternary nitrogens is 1. The maximum atomic E-state index is 10.7. The number of aliphatic carboxylic acids is 1. The van der Waals surface area contributed by atoms with Gasteiger partial charge in [0.2, 0.25) is 0 Å². The molecule has 0 aliphatic heterocycles. The number of hydrogen-bond donors (Lipinski definition) is 1. The Kier molecular flexibility index (Phi) is 24.3. The molecular formula is C26H55NO3. The number of hydroxylamine groups is 3. The molecule has 30 heavy (non-hydrogen) atoms. The van der Waals surface area contributed by atoms with Crippen LogP contribution in [-0.4, -0.2) is 35.5 Å². The number of nitrogens with zero attached hydrogens (tertiary/aromatic N) is 1. The van der Waals surface area contributed by atoms with E-state index in [-0.39, 0.29) is 11.1 Å². The molecule has 0 saturated carbocycles. The highest BCUT2D eigenvalue weighted by molar-refractivity contribution is 5.63.